The largest absolute Gasteiger partial charge is 0.493 e. The number of hydrogen-bond donors (Lipinski definition) is 0. The van der Waals surface area contributed by atoms with Crippen LogP contribution in [0.4, 0.5) is 0 Å². The van der Waals surface area contributed by atoms with E-state index < -0.39 is 0 Å². The fourth-order valence-corrected chi connectivity index (χ4v) is 3.89. The first-order chi connectivity index (χ1) is 14.7. The van der Waals surface area contributed by atoms with Gasteiger partial charge in [-0.3, -0.25) is 14.6 Å². The van der Waals surface area contributed by atoms with Crippen molar-refractivity contribution in [1.29, 1.82) is 0 Å². The van der Waals surface area contributed by atoms with Crippen molar-refractivity contribution in [1.82, 2.24) is 14.8 Å². The zero-order valence-corrected chi connectivity index (χ0v) is 17.0. The fraction of sp³-hybridized carbons (Fsp3) is 0.435. The summed E-state index contributed by atoms with van der Waals surface area (Å²) >= 11 is 0. The standard InChI is InChI=1S/C23H27N3O4/c27-22(25-12-14-29-15-13-25)19-6-8-20(9-7-19)30-17-18-4-3-11-26(16-18)23(28)21-5-1-2-10-24-21/h1-2,5-10,18H,3-4,11-17H2. The first-order valence-electron chi connectivity index (χ1n) is 10.5. The van der Waals surface area contributed by atoms with Crippen molar-refractivity contribution in [2.24, 2.45) is 5.92 Å². The number of morpholine rings is 1. The van der Waals surface area contributed by atoms with Crippen LogP contribution in [0.15, 0.2) is 48.7 Å². The van der Waals surface area contributed by atoms with E-state index in [4.69, 9.17) is 9.47 Å². The fourth-order valence-electron chi connectivity index (χ4n) is 3.89. The van der Waals surface area contributed by atoms with Crippen molar-refractivity contribution in [2.75, 3.05) is 46.0 Å². The maximum atomic E-state index is 12.6. The number of piperidine rings is 1. The van der Waals surface area contributed by atoms with Crippen molar-refractivity contribution in [2.45, 2.75) is 12.8 Å². The summed E-state index contributed by atoms with van der Waals surface area (Å²) in [6.45, 7) is 4.41. The summed E-state index contributed by atoms with van der Waals surface area (Å²) in [7, 11) is 0. The smallest absolute Gasteiger partial charge is 0.272 e. The van der Waals surface area contributed by atoms with Gasteiger partial charge in [-0.2, -0.15) is 0 Å². The minimum atomic E-state index is -0.0220. The molecule has 30 heavy (non-hydrogen) atoms. The van der Waals surface area contributed by atoms with Crippen LogP contribution in [0.3, 0.4) is 0 Å². The van der Waals surface area contributed by atoms with E-state index in [-0.39, 0.29) is 17.7 Å². The summed E-state index contributed by atoms with van der Waals surface area (Å²) in [6.07, 6.45) is 3.63. The molecule has 2 aliphatic rings. The van der Waals surface area contributed by atoms with Gasteiger partial charge in [-0.05, 0) is 49.2 Å². The van der Waals surface area contributed by atoms with E-state index in [1.54, 1.807) is 12.3 Å². The Bertz CT molecular complexity index is 851. The Morgan fingerprint density at radius 1 is 1.00 bits per heavy atom. The third-order valence-electron chi connectivity index (χ3n) is 5.58. The van der Waals surface area contributed by atoms with Crippen molar-refractivity contribution in [3.05, 3.63) is 59.9 Å². The Labute approximate surface area is 176 Å². The number of carbonyl (C=O) groups excluding carboxylic acids is 2. The maximum Gasteiger partial charge on any atom is 0.272 e. The average Bonchev–Trinajstić information content (AvgIpc) is 2.83. The Morgan fingerprint density at radius 2 is 1.80 bits per heavy atom. The molecule has 0 bridgehead atoms. The van der Waals surface area contributed by atoms with Gasteiger partial charge in [-0.1, -0.05) is 6.07 Å². The topological polar surface area (TPSA) is 72.0 Å². The molecule has 1 aromatic heterocycles. The second-order valence-corrected chi connectivity index (χ2v) is 7.71. The Balaban J connectivity index is 1.29. The van der Waals surface area contributed by atoms with Crippen LogP contribution in [0, 0.1) is 5.92 Å². The molecule has 3 heterocycles. The van der Waals surface area contributed by atoms with E-state index in [0.29, 0.717) is 50.7 Å². The maximum absolute atomic E-state index is 12.6. The van der Waals surface area contributed by atoms with E-state index >= 15 is 0 Å². The van der Waals surface area contributed by atoms with Crippen molar-refractivity contribution in [3.63, 3.8) is 0 Å². The normalized spacial score (nSPS) is 19.4. The number of amides is 2. The van der Waals surface area contributed by atoms with Crippen LogP contribution in [0.1, 0.15) is 33.7 Å². The minimum Gasteiger partial charge on any atom is -0.493 e. The molecule has 2 aromatic rings. The number of pyridine rings is 1. The number of aromatic nitrogens is 1. The lowest BCUT2D eigenvalue weighted by Crippen LogP contribution is -2.41. The lowest BCUT2D eigenvalue weighted by Gasteiger charge is -2.32. The van der Waals surface area contributed by atoms with Crippen LogP contribution < -0.4 is 4.74 Å². The highest BCUT2D eigenvalue weighted by Crippen LogP contribution is 2.21. The van der Waals surface area contributed by atoms with Crippen molar-refractivity contribution in [3.8, 4) is 5.75 Å². The second kappa shape index (κ2) is 9.71. The summed E-state index contributed by atoms with van der Waals surface area (Å²) in [5.41, 5.74) is 1.15. The molecule has 158 valence electrons. The zero-order chi connectivity index (χ0) is 20.8. The molecule has 2 fully saturated rings. The van der Waals surface area contributed by atoms with Crippen LogP contribution in [0.25, 0.3) is 0 Å². The predicted octanol–water partition coefficient (Wildman–Crippen LogP) is 2.49. The molecule has 1 unspecified atom stereocenters. The third kappa shape index (κ3) is 4.97. The van der Waals surface area contributed by atoms with Gasteiger partial charge in [0.05, 0.1) is 19.8 Å². The quantitative estimate of drug-likeness (QED) is 0.759. The lowest BCUT2D eigenvalue weighted by atomic mass is 9.98. The van der Waals surface area contributed by atoms with Crippen LogP contribution in [0.2, 0.25) is 0 Å². The van der Waals surface area contributed by atoms with E-state index in [0.717, 1.165) is 25.1 Å². The highest BCUT2D eigenvalue weighted by atomic mass is 16.5. The molecule has 1 aromatic carbocycles. The zero-order valence-electron chi connectivity index (χ0n) is 17.0. The predicted molar refractivity (Wildman–Crippen MR) is 112 cm³/mol. The third-order valence-corrected chi connectivity index (χ3v) is 5.58. The molecule has 2 aliphatic heterocycles. The van der Waals surface area contributed by atoms with Gasteiger partial charge in [0.25, 0.3) is 11.8 Å². The highest BCUT2D eigenvalue weighted by molar-refractivity contribution is 5.94. The molecule has 0 spiro atoms. The van der Waals surface area contributed by atoms with E-state index in [1.165, 1.54) is 0 Å². The summed E-state index contributed by atoms with van der Waals surface area (Å²) < 4.78 is 11.3. The van der Waals surface area contributed by atoms with Crippen LogP contribution in [-0.2, 0) is 4.74 Å². The first kappa shape index (κ1) is 20.3. The van der Waals surface area contributed by atoms with Crippen molar-refractivity contribution >= 4 is 11.8 Å². The molecule has 2 saturated heterocycles. The summed E-state index contributed by atoms with van der Waals surface area (Å²) in [6, 6.07) is 12.7. The van der Waals surface area contributed by atoms with Gasteiger partial charge in [0.1, 0.15) is 11.4 Å². The number of rotatable bonds is 5. The molecule has 7 heteroatoms. The van der Waals surface area contributed by atoms with Gasteiger partial charge in [-0.25, -0.2) is 0 Å². The monoisotopic (exact) mass is 409 g/mol. The van der Waals surface area contributed by atoms with Crippen LogP contribution in [0.5, 0.6) is 5.75 Å². The van der Waals surface area contributed by atoms with Crippen LogP contribution >= 0.6 is 0 Å². The summed E-state index contributed by atoms with van der Waals surface area (Å²) in [5, 5.41) is 0. The average molecular weight is 409 g/mol. The van der Waals surface area contributed by atoms with Gasteiger partial charge in [-0.15, -0.1) is 0 Å². The molecule has 2 amide bonds. The molecule has 1 atom stereocenters. The molecule has 7 nitrogen and oxygen atoms in total. The number of hydrogen-bond acceptors (Lipinski definition) is 5. The minimum absolute atomic E-state index is 0.0220. The molecule has 0 saturated carbocycles. The molecule has 4 rings (SSSR count). The van der Waals surface area contributed by atoms with E-state index in [9.17, 15) is 9.59 Å². The molecule has 0 radical (unpaired) electrons. The molecule has 0 aliphatic carbocycles. The first-order valence-corrected chi connectivity index (χ1v) is 10.5. The Hall–Kier alpha value is -2.93. The Kier molecular flexibility index (Phi) is 6.59. The number of benzene rings is 1. The van der Waals surface area contributed by atoms with Crippen LogP contribution in [-0.4, -0.2) is 72.6 Å². The van der Waals surface area contributed by atoms with Gasteiger partial charge in [0, 0.05) is 43.9 Å². The van der Waals surface area contributed by atoms with Gasteiger partial charge in [0.2, 0.25) is 0 Å². The second-order valence-electron chi connectivity index (χ2n) is 7.71. The van der Waals surface area contributed by atoms with Gasteiger partial charge < -0.3 is 19.3 Å². The molecular formula is C23H27N3O4. The van der Waals surface area contributed by atoms with Gasteiger partial charge in [0.15, 0.2) is 0 Å². The highest BCUT2D eigenvalue weighted by Gasteiger charge is 2.25. The van der Waals surface area contributed by atoms with Gasteiger partial charge >= 0.3 is 0 Å². The summed E-state index contributed by atoms with van der Waals surface area (Å²) in [4.78, 5) is 33.0. The summed E-state index contributed by atoms with van der Waals surface area (Å²) in [5.74, 6) is 1.02. The SMILES string of the molecule is O=C(c1ccc(OCC2CCCN(C(=O)c3ccccn3)C2)cc1)N1CCOCC1. The van der Waals surface area contributed by atoms with E-state index in [2.05, 4.69) is 4.98 Å². The number of carbonyl (C=O) groups is 2. The number of nitrogens with zero attached hydrogens (tertiary/aromatic N) is 3. The Morgan fingerprint density at radius 3 is 2.53 bits per heavy atom. The molecule has 0 N–H and O–H groups in total. The van der Waals surface area contributed by atoms with E-state index in [1.807, 2.05) is 46.2 Å². The lowest BCUT2D eigenvalue weighted by molar-refractivity contribution is 0.0303. The number of likely N-dealkylation sites (tertiary alicyclic amines) is 1. The number of ether oxygens (including phenoxy) is 2. The molecular weight excluding hydrogens is 382 g/mol. The van der Waals surface area contributed by atoms with Crippen molar-refractivity contribution < 1.29 is 19.1 Å².